The van der Waals surface area contributed by atoms with E-state index in [9.17, 15) is 13.2 Å². The Hall–Kier alpha value is -2.18. The number of sulfonamides is 1. The van der Waals surface area contributed by atoms with Crippen LogP contribution in [0.5, 0.6) is 0 Å². The molecule has 0 unspecified atom stereocenters. The normalized spacial score (nSPS) is 21.6. The predicted molar refractivity (Wildman–Crippen MR) is 115 cm³/mol. The van der Waals surface area contributed by atoms with Crippen molar-refractivity contribution >= 4 is 15.9 Å². The Balaban J connectivity index is 1.42. The first kappa shape index (κ1) is 20.1. The fourth-order valence-corrected chi connectivity index (χ4v) is 5.39. The van der Waals surface area contributed by atoms with E-state index in [4.69, 9.17) is 0 Å². The van der Waals surface area contributed by atoms with Gasteiger partial charge >= 0.3 is 0 Å². The van der Waals surface area contributed by atoms with Crippen LogP contribution in [0, 0.1) is 5.92 Å². The fraction of sp³-hybridized carbons (Fsp3) is 0.435. The lowest BCUT2D eigenvalue weighted by Crippen LogP contribution is -2.43. The highest BCUT2D eigenvalue weighted by Gasteiger charge is 2.33. The largest absolute Gasteiger partial charge is 0.345 e. The number of carbonyl (C=O) groups is 1. The molecule has 0 atom stereocenters. The number of nitrogens with one attached hydrogen (secondary N) is 2. The van der Waals surface area contributed by atoms with Gasteiger partial charge in [0.1, 0.15) is 0 Å². The third kappa shape index (κ3) is 3.96. The molecule has 1 saturated carbocycles. The molecule has 0 spiro atoms. The van der Waals surface area contributed by atoms with Crippen molar-refractivity contribution in [3.63, 3.8) is 0 Å². The molecule has 29 heavy (non-hydrogen) atoms. The van der Waals surface area contributed by atoms with Crippen LogP contribution in [-0.2, 0) is 14.8 Å². The first-order valence-corrected chi connectivity index (χ1v) is 11.9. The topological polar surface area (TPSA) is 75.3 Å². The summed E-state index contributed by atoms with van der Waals surface area (Å²) >= 11 is 0. The van der Waals surface area contributed by atoms with Crippen molar-refractivity contribution in [3.8, 4) is 11.1 Å². The Morgan fingerprint density at radius 1 is 0.897 bits per heavy atom. The summed E-state index contributed by atoms with van der Waals surface area (Å²) in [5.74, 6) is -0.0126. The second kappa shape index (κ2) is 7.92. The lowest BCUT2D eigenvalue weighted by molar-refractivity contribution is -0.126. The van der Waals surface area contributed by atoms with Gasteiger partial charge < -0.3 is 5.32 Å². The van der Waals surface area contributed by atoms with Gasteiger partial charge in [-0.25, -0.2) is 13.1 Å². The molecule has 6 heteroatoms. The molecule has 2 aromatic carbocycles. The molecular formula is C23H28N2O3S. The average Bonchev–Trinajstić information content (AvgIpc) is 3.02. The smallest absolute Gasteiger partial charge is 0.223 e. The minimum Gasteiger partial charge on any atom is -0.345 e. The number of benzene rings is 2. The van der Waals surface area contributed by atoms with Crippen molar-refractivity contribution in [3.05, 3.63) is 59.7 Å². The second-order valence-corrected chi connectivity index (χ2v) is 10.6. The number of rotatable bonds is 5. The summed E-state index contributed by atoms with van der Waals surface area (Å²) in [5, 5.41) is 2.83. The zero-order valence-electron chi connectivity index (χ0n) is 16.9. The summed E-state index contributed by atoms with van der Waals surface area (Å²) in [7, 11) is -3.27. The summed E-state index contributed by atoms with van der Waals surface area (Å²) in [5.41, 5.74) is 4.64. The van der Waals surface area contributed by atoms with Crippen molar-refractivity contribution in [2.24, 2.45) is 5.92 Å². The lowest BCUT2D eigenvalue weighted by atomic mass is 9.85. The van der Waals surface area contributed by atoms with Crippen molar-refractivity contribution in [1.29, 1.82) is 0 Å². The lowest BCUT2D eigenvalue weighted by Gasteiger charge is -2.29. The molecule has 2 N–H and O–H groups in total. The molecular weight excluding hydrogens is 384 g/mol. The van der Waals surface area contributed by atoms with E-state index in [0.29, 0.717) is 25.7 Å². The number of hydrogen-bond donors (Lipinski definition) is 2. The highest BCUT2D eigenvalue weighted by Crippen LogP contribution is 2.43. The van der Waals surface area contributed by atoms with Crippen molar-refractivity contribution in [2.45, 2.75) is 56.9 Å². The van der Waals surface area contributed by atoms with Gasteiger partial charge in [0.15, 0.2) is 0 Å². The standard InChI is InChI=1S/C23H28N2O3S/c1-15(2)29(27,28)25-17-13-11-16(12-14-17)23(26)24-22-20-9-5-3-7-18(20)19-8-4-6-10-21(19)22/h3-10,15-17,22,25H,11-14H2,1-2H3,(H,24,26)/t16-,17-. The third-order valence-electron chi connectivity index (χ3n) is 6.17. The van der Waals surface area contributed by atoms with Gasteiger partial charge in [-0.1, -0.05) is 48.5 Å². The van der Waals surface area contributed by atoms with E-state index < -0.39 is 15.3 Å². The van der Waals surface area contributed by atoms with Crippen LogP contribution >= 0.6 is 0 Å². The van der Waals surface area contributed by atoms with Gasteiger partial charge in [-0.05, 0) is 61.8 Å². The quantitative estimate of drug-likeness (QED) is 0.785. The van der Waals surface area contributed by atoms with Crippen LogP contribution in [0.1, 0.15) is 56.7 Å². The Morgan fingerprint density at radius 3 is 1.93 bits per heavy atom. The molecule has 1 amide bonds. The van der Waals surface area contributed by atoms with Crippen LogP contribution in [0.3, 0.4) is 0 Å². The van der Waals surface area contributed by atoms with Gasteiger partial charge in [0.05, 0.1) is 11.3 Å². The van der Waals surface area contributed by atoms with Crippen molar-refractivity contribution < 1.29 is 13.2 Å². The first-order chi connectivity index (χ1) is 13.9. The summed E-state index contributed by atoms with van der Waals surface area (Å²) in [4.78, 5) is 13.0. The van der Waals surface area contributed by atoms with Gasteiger partial charge in [-0.2, -0.15) is 0 Å². The molecule has 2 aromatic rings. The minimum absolute atomic E-state index is 0.0617. The van der Waals surface area contributed by atoms with Crippen molar-refractivity contribution in [2.75, 3.05) is 0 Å². The Bertz CT molecular complexity index is 963. The SMILES string of the molecule is CC(C)S(=O)(=O)N[C@H]1CC[C@H](C(=O)NC2c3ccccc3-c3ccccc32)CC1. The van der Waals surface area contributed by atoms with Crippen LogP contribution in [0.25, 0.3) is 11.1 Å². The Morgan fingerprint density at radius 2 is 1.41 bits per heavy atom. The number of hydrogen-bond acceptors (Lipinski definition) is 3. The van der Waals surface area contributed by atoms with E-state index in [0.717, 1.165) is 11.1 Å². The zero-order chi connectivity index (χ0) is 20.6. The van der Waals surface area contributed by atoms with Gasteiger partial charge in [-0.15, -0.1) is 0 Å². The van der Waals surface area contributed by atoms with Crippen molar-refractivity contribution in [1.82, 2.24) is 10.0 Å². The Labute approximate surface area is 173 Å². The highest BCUT2D eigenvalue weighted by atomic mass is 32.2. The van der Waals surface area contributed by atoms with Gasteiger partial charge in [0, 0.05) is 12.0 Å². The molecule has 4 rings (SSSR count). The fourth-order valence-electron chi connectivity index (χ4n) is 4.41. The van der Waals surface area contributed by atoms with Crippen LogP contribution < -0.4 is 10.0 Å². The maximum absolute atomic E-state index is 13.0. The van der Waals surface area contributed by atoms with E-state index in [2.05, 4.69) is 34.3 Å². The monoisotopic (exact) mass is 412 g/mol. The molecule has 0 aromatic heterocycles. The van der Waals surface area contributed by atoms with Crippen LogP contribution in [0.2, 0.25) is 0 Å². The first-order valence-electron chi connectivity index (χ1n) is 10.4. The predicted octanol–water partition coefficient (Wildman–Crippen LogP) is 3.76. The Kier molecular flexibility index (Phi) is 5.49. The van der Waals surface area contributed by atoms with E-state index >= 15 is 0 Å². The van der Waals surface area contributed by atoms with Gasteiger partial charge in [0.2, 0.25) is 15.9 Å². The molecule has 0 heterocycles. The van der Waals surface area contributed by atoms with E-state index in [1.54, 1.807) is 13.8 Å². The van der Waals surface area contributed by atoms with E-state index in [1.165, 1.54) is 11.1 Å². The maximum Gasteiger partial charge on any atom is 0.223 e. The van der Waals surface area contributed by atoms with Crippen LogP contribution in [0.4, 0.5) is 0 Å². The molecule has 1 fully saturated rings. The molecule has 5 nitrogen and oxygen atoms in total. The molecule has 0 saturated heterocycles. The van der Waals surface area contributed by atoms with E-state index in [1.807, 2.05) is 24.3 Å². The van der Waals surface area contributed by atoms with Crippen LogP contribution in [-0.4, -0.2) is 25.6 Å². The average molecular weight is 413 g/mol. The second-order valence-electron chi connectivity index (χ2n) is 8.38. The molecule has 2 aliphatic rings. The molecule has 0 bridgehead atoms. The maximum atomic E-state index is 13.0. The van der Waals surface area contributed by atoms with Gasteiger partial charge in [-0.3, -0.25) is 4.79 Å². The van der Waals surface area contributed by atoms with E-state index in [-0.39, 0.29) is 23.9 Å². The summed E-state index contributed by atoms with van der Waals surface area (Å²) < 4.78 is 27.0. The molecule has 2 aliphatic carbocycles. The number of fused-ring (bicyclic) bond motifs is 3. The molecule has 154 valence electrons. The molecule has 0 radical (unpaired) electrons. The summed E-state index contributed by atoms with van der Waals surface area (Å²) in [6, 6.07) is 16.3. The van der Waals surface area contributed by atoms with Gasteiger partial charge in [0.25, 0.3) is 0 Å². The number of amides is 1. The summed E-state index contributed by atoms with van der Waals surface area (Å²) in [6.45, 7) is 3.36. The molecule has 0 aliphatic heterocycles. The summed E-state index contributed by atoms with van der Waals surface area (Å²) in [6.07, 6.45) is 2.80. The number of carbonyl (C=O) groups excluding carboxylic acids is 1. The zero-order valence-corrected chi connectivity index (χ0v) is 17.7. The third-order valence-corrected chi connectivity index (χ3v) is 8.07. The van der Waals surface area contributed by atoms with Crippen LogP contribution in [0.15, 0.2) is 48.5 Å². The highest BCUT2D eigenvalue weighted by molar-refractivity contribution is 7.90. The minimum atomic E-state index is -3.27.